The lowest BCUT2D eigenvalue weighted by Crippen LogP contribution is -2.38. The maximum absolute atomic E-state index is 12.6. The molecule has 24 heavy (non-hydrogen) atoms. The Morgan fingerprint density at radius 1 is 1.29 bits per heavy atom. The van der Waals surface area contributed by atoms with Crippen molar-refractivity contribution < 1.29 is 14.3 Å². The summed E-state index contributed by atoms with van der Waals surface area (Å²) >= 11 is 0. The number of anilines is 1. The molecule has 1 N–H and O–H groups in total. The molecule has 7 nitrogen and oxygen atoms in total. The quantitative estimate of drug-likeness (QED) is 0.846. The molecule has 2 aliphatic heterocycles. The van der Waals surface area contributed by atoms with Gasteiger partial charge in [0.1, 0.15) is 18.1 Å². The molecule has 2 fully saturated rings. The van der Waals surface area contributed by atoms with Crippen LogP contribution in [0.3, 0.4) is 0 Å². The van der Waals surface area contributed by atoms with Crippen LogP contribution in [-0.2, 0) is 16.1 Å². The Morgan fingerprint density at radius 3 is 2.83 bits per heavy atom. The van der Waals surface area contributed by atoms with Gasteiger partial charge in [-0.1, -0.05) is 6.07 Å². The number of nitrogens with one attached hydrogen (secondary N) is 1. The van der Waals surface area contributed by atoms with E-state index in [1.807, 2.05) is 12.1 Å². The van der Waals surface area contributed by atoms with E-state index >= 15 is 0 Å². The van der Waals surface area contributed by atoms with Crippen LogP contribution in [-0.4, -0.2) is 61.1 Å². The van der Waals surface area contributed by atoms with Crippen LogP contribution in [0, 0.1) is 5.92 Å². The van der Waals surface area contributed by atoms with Crippen LogP contribution in [0.4, 0.5) is 5.82 Å². The zero-order valence-corrected chi connectivity index (χ0v) is 13.7. The summed E-state index contributed by atoms with van der Waals surface area (Å²) in [7, 11) is 0. The molecule has 0 spiro atoms. The summed E-state index contributed by atoms with van der Waals surface area (Å²) in [5, 5.41) is 2.91. The van der Waals surface area contributed by atoms with Gasteiger partial charge in [-0.15, -0.1) is 0 Å². The van der Waals surface area contributed by atoms with Crippen molar-refractivity contribution in [2.75, 3.05) is 44.3 Å². The summed E-state index contributed by atoms with van der Waals surface area (Å²) < 4.78 is 5.35. The Hall–Kier alpha value is -2.15. The van der Waals surface area contributed by atoms with Crippen molar-refractivity contribution in [3.05, 3.63) is 23.4 Å². The zero-order valence-electron chi connectivity index (χ0n) is 13.7. The number of amides is 2. The van der Waals surface area contributed by atoms with Gasteiger partial charge in [0.2, 0.25) is 5.91 Å². The minimum absolute atomic E-state index is 0.0866. The lowest BCUT2D eigenvalue weighted by molar-refractivity contribution is -0.121. The Bertz CT molecular complexity index is 653. The Morgan fingerprint density at radius 2 is 2.08 bits per heavy atom. The number of hydrogen-bond acceptors (Lipinski definition) is 5. The predicted molar refractivity (Wildman–Crippen MR) is 87.7 cm³/mol. The third-order valence-corrected chi connectivity index (χ3v) is 4.77. The van der Waals surface area contributed by atoms with E-state index in [-0.39, 0.29) is 18.4 Å². The molecular weight excluding hydrogens is 308 g/mol. The van der Waals surface area contributed by atoms with Crippen LogP contribution in [0.5, 0.6) is 0 Å². The molecule has 7 heteroatoms. The van der Waals surface area contributed by atoms with E-state index in [4.69, 9.17) is 4.74 Å². The molecule has 0 aromatic carbocycles. The number of fused-ring (bicyclic) bond motifs is 1. The lowest BCUT2D eigenvalue weighted by Gasteiger charge is -2.27. The minimum atomic E-state index is -0.151. The van der Waals surface area contributed by atoms with E-state index in [9.17, 15) is 9.59 Å². The second kappa shape index (κ2) is 6.39. The van der Waals surface area contributed by atoms with E-state index in [0.29, 0.717) is 31.4 Å². The fourth-order valence-electron chi connectivity index (χ4n) is 3.12. The zero-order chi connectivity index (χ0) is 16.5. The van der Waals surface area contributed by atoms with Crippen LogP contribution in [0.15, 0.2) is 12.1 Å². The first-order chi connectivity index (χ1) is 11.7. The number of morpholine rings is 1. The van der Waals surface area contributed by atoms with E-state index in [0.717, 1.165) is 31.0 Å². The number of pyridine rings is 1. The normalized spacial score (nSPS) is 20.2. The van der Waals surface area contributed by atoms with Crippen LogP contribution >= 0.6 is 0 Å². The molecule has 1 aliphatic carbocycles. The average molecular weight is 330 g/mol. The standard InChI is InChI=1S/C17H22N4O3/c22-15(18-9-12-1-2-12)11-21-10-13-3-4-14(19-16(13)17(21)23)20-5-7-24-8-6-20/h3-4,12H,1-2,5-11H2,(H,18,22). The van der Waals surface area contributed by atoms with Crippen molar-refractivity contribution >= 4 is 17.6 Å². The topological polar surface area (TPSA) is 74.8 Å². The second-order valence-electron chi connectivity index (χ2n) is 6.69. The van der Waals surface area contributed by atoms with Gasteiger partial charge in [0, 0.05) is 31.7 Å². The fourth-order valence-corrected chi connectivity index (χ4v) is 3.12. The minimum Gasteiger partial charge on any atom is -0.378 e. The number of carbonyl (C=O) groups excluding carboxylic acids is 2. The first kappa shape index (κ1) is 15.4. The highest BCUT2D eigenvalue weighted by Gasteiger charge is 2.31. The fraction of sp³-hybridized carbons (Fsp3) is 0.588. The molecule has 0 radical (unpaired) electrons. The second-order valence-corrected chi connectivity index (χ2v) is 6.69. The lowest BCUT2D eigenvalue weighted by atomic mass is 10.2. The highest BCUT2D eigenvalue weighted by atomic mass is 16.5. The number of rotatable bonds is 5. The Labute approximate surface area is 141 Å². The van der Waals surface area contributed by atoms with Gasteiger partial charge in [-0.05, 0) is 24.8 Å². The van der Waals surface area contributed by atoms with E-state index in [2.05, 4.69) is 15.2 Å². The largest absolute Gasteiger partial charge is 0.378 e. The number of carbonyl (C=O) groups is 2. The predicted octanol–water partition coefficient (Wildman–Crippen LogP) is 0.400. The summed E-state index contributed by atoms with van der Waals surface area (Å²) in [6.45, 7) is 4.23. The molecule has 1 aromatic rings. The monoisotopic (exact) mass is 330 g/mol. The van der Waals surface area contributed by atoms with E-state index in [1.54, 1.807) is 4.90 Å². The molecule has 0 unspecified atom stereocenters. The van der Waals surface area contributed by atoms with Gasteiger partial charge in [0.25, 0.3) is 5.91 Å². The number of ether oxygens (including phenoxy) is 1. The van der Waals surface area contributed by atoms with Gasteiger partial charge in [-0.3, -0.25) is 9.59 Å². The first-order valence-corrected chi connectivity index (χ1v) is 8.59. The third kappa shape index (κ3) is 3.21. The summed E-state index contributed by atoms with van der Waals surface area (Å²) in [6.07, 6.45) is 2.39. The van der Waals surface area contributed by atoms with Crippen molar-refractivity contribution in [1.29, 1.82) is 0 Å². The average Bonchev–Trinajstić information content (AvgIpc) is 3.39. The number of nitrogens with zero attached hydrogens (tertiary/aromatic N) is 3. The summed E-state index contributed by atoms with van der Waals surface area (Å²) in [6, 6.07) is 3.90. The maximum atomic E-state index is 12.6. The van der Waals surface area contributed by atoms with Crippen LogP contribution in [0.25, 0.3) is 0 Å². The summed E-state index contributed by atoms with van der Waals surface area (Å²) in [4.78, 5) is 32.8. The van der Waals surface area contributed by atoms with Crippen molar-refractivity contribution in [3.63, 3.8) is 0 Å². The summed E-state index contributed by atoms with van der Waals surface area (Å²) in [5.74, 6) is 1.21. The van der Waals surface area contributed by atoms with E-state index in [1.165, 1.54) is 12.8 Å². The molecule has 0 atom stereocenters. The van der Waals surface area contributed by atoms with Crippen molar-refractivity contribution in [2.24, 2.45) is 5.92 Å². The van der Waals surface area contributed by atoms with Crippen LogP contribution < -0.4 is 10.2 Å². The van der Waals surface area contributed by atoms with Gasteiger partial charge in [-0.25, -0.2) is 4.98 Å². The molecule has 1 saturated carbocycles. The van der Waals surface area contributed by atoms with Crippen molar-refractivity contribution in [2.45, 2.75) is 19.4 Å². The highest BCUT2D eigenvalue weighted by Crippen LogP contribution is 2.27. The van der Waals surface area contributed by atoms with Gasteiger partial charge in [0.15, 0.2) is 0 Å². The van der Waals surface area contributed by atoms with Gasteiger partial charge >= 0.3 is 0 Å². The number of aromatic nitrogens is 1. The molecule has 3 heterocycles. The molecule has 4 rings (SSSR count). The molecule has 128 valence electrons. The van der Waals surface area contributed by atoms with Gasteiger partial charge in [-0.2, -0.15) is 0 Å². The molecule has 2 amide bonds. The molecule has 1 saturated heterocycles. The Kier molecular flexibility index (Phi) is 4.10. The first-order valence-electron chi connectivity index (χ1n) is 8.59. The highest BCUT2D eigenvalue weighted by molar-refractivity contribution is 5.98. The van der Waals surface area contributed by atoms with Gasteiger partial charge in [0.05, 0.1) is 13.2 Å². The van der Waals surface area contributed by atoms with E-state index < -0.39 is 0 Å². The SMILES string of the molecule is O=C(CN1Cc2ccc(N3CCOCC3)nc2C1=O)NCC1CC1. The van der Waals surface area contributed by atoms with Gasteiger partial charge < -0.3 is 19.9 Å². The summed E-state index contributed by atoms with van der Waals surface area (Å²) in [5.41, 5.74) is 1.38. The smallest absolute Gasteiger partial charge is 0.273 e. The number of hydrogen-bond donors (Lipinski definition) is 1. The molecule has 0 bridgehead atoms. The molecule has 3 aliphatic rings. The molecular formula is C17H22N4O3. The van der Waals surface area contributed by atoms with Crippen molar-refractivity contribution in [3.8, 4) is 0 Å². The van der Waals surface area contributed by atoms with Crippen LogP contribution in [0.2, 0.25) is 0 Å². The molecule has 1 aromatic heterocycles. The van der Waals surface area contributed by atoms with Crippen LogP contribution in [0.1, 0.15) is 28.9 Å². The Balaban J connectivity index is 1.40. The maximum Gasteiger partial charge on any atom is 0.273 e. The van der Waals surface area contributed by atoms with Crippen molar-refractivity contribution in [1.82, 2.24) is 15.2 Å². The third-order valence-electron chi connectivity index (χ3n) is 4.77.